The Kier molecular flexibility index (Phi) is 9.68. The molecule has 0 saturated heterocycles. The standard InChI is InChI=1S/C36H46N2Si2/c1-25-19-27(3)35(28(4)20-25)40(36-29(5)21-26(2)22-30(36)6)39(33-17-13-11-15-31(33)23-37(7)8)34-18-14-12-16-32(34)24-38(9)10/h11-22H,23-24H2,1-10H3. The highest BCUT2D eigenvalue weighted by atomic mass is 29.2. The Hall–Kier alpha value is -2.77. The molecule has 40 heavy (non-hydrogen) atoms. The molecule has 4 aromatic carbocycles. The predicted octanol–water partition coefficient (Wildman–Crippen LogP) is 4.66. The van der Waals surface area contributed by atoms with Gasteiger partial charge in [-0.3, -0.25) is 0 Å². The van der Waals surface area contributed by atoms with Crippen molar-refractivity contribution in [3.8, 4) is 0 Å². The summed E-state index contributed by atoms with van der Waals surface area (Å²) in [5.74, 6) is 0. The van der Waals surface area contributed by atoms with Gasteiger partial charge in [0.25, 0.3) is 0 Å². The second kappa shape index (κ2) is 12.8. The van der Waals surface area contributed by atoms with Gasteiger partial charge in [0.05, 0.1) is 0 Å². The van der Waals surface area contributed by atoms with Gasteiger partial charge in [-0.25, -0.2) is 0 Å². The van der Waals surface area contributed by atoms with E-state index in [1.165, 1.54) is 44.5 Å². The first kappa shape index (κ1) is 30.2. The Morgan fingerprint density at radius 2 is 0.800 bits per heavy atom. The van der Waals surface area contributed by atoms with Crippen LogP contribution in [0.3, 0.4) is 0 Å². The van der Waals surface area contributed by atoms with Crippen LogP contribution in [0.4, 0.5) is 0 Å². The zero-order chi connectivity index (χ0) is 29.1. The molecule has 208 valence electrons. The monoisotopic (exact) mass is 562 g/mol. The van der Waals surface area contributed by atoms with Crippen LogP contribution in [-0.4, -0.2) is 54.6 Å². The van der Waals surface area contributed by atoms with E-state index < -0.39 is 16.6 Å². The lowest BCUT2D eigenvalue weighted by molar-refractivity contribution is 0.403. The molecule has 0 spiro atoms. The summed E-state index contributed by atoms with van der Waals surface area (Å²) in [6.45, 7) is 15.8. The van der Waals surface area contributed by atoms with Crippen LogP contribution in [0, 0.1) is 41.5 Å². The third kappa shape index (κ3) is 6.58. The molecule has 0 heterocycles. The van der Waals surface area contributed by atoms with Crippen molar-refractivity contribution in [1.82, 2.24) is 9.80 Å². The lowest BCUT2D eigenvalue weighted by Gasteiger charge is -2.34. The number of benzene rings is 4. The minimum Gasteiger partial charge on any atom is -0.305 e. The molecule has 0 aromatic heterocycles. The Morgan fingerprint density at radius 1 is 0.475 bits per heavy atom. The van der Waals surface area contributed by atoms with E-state index in [0.717, 1.165) is 13.1 Å². The van der Waals surface area contributed by atoms with Crippen molar-refractivity contribution in [2.75, 3.05) is 28.2 Å². The normalized spacial score (nSPS) is 11.8. The first-order valence-electron chi connectivity index (χ1n) is 14.3. The second-order valence-electron chi connectivity index (χ2n) is 12.1. The molecular formula is C36H46N2Si2. The molecule has 4 heteroatoms. The average molecular weight is 563 g/mol. The van der Waals surface area contributed by atoms with Crippen molar-refractivity contribution in [2.24, 2.45) is 0 Å². The fraction of sp³-hybridized carbons (Fsp3) is 0.333. The highest BCUT2D eigenvalue weighted by molar-refractivity contribution is 7.42. The quantitative estimate of drug-likeness (QED) is 0.274. The summed E-state index contributed by atoms with van der Waals surface area (Å²) in [6, 6.07) is 28.3. The first-order chi connectivity index (χ1) is 19.0. The van der Waals surface area contributed by atoms with Gasteiger partial charge >= 0.3 is 0 Å². The maximum Gasteiger partial charge on any atom is 0.122 e. The Morgan fingerprint density at radius 3 is 1.12 bits per heavy atom. The van der Waals surface area contributed by atoms with Gasteiger partial charge in [0.2, 0.25) is 0 Å². The van der Waals surface area contributed by atoms with Crippen molar-refractivity contribution in [2.45, 2.75) is 54.6 Å². The Bertz CT molecular complexity index is 1330. The maximum atomic E-state index is 2.46. The number of nitrogens with zero attached hydrogens (tertiary/aromatic N) is 2. The van der Waals surface area contributed by atoms with E-state index in [-0.39, 0.29) is 0 Å². The van der Waals surface area contributed by atoms with E-state index in [9.17, 15) is 0 Å². The van der Waals surface area contributed by atoms with Gasteiger partial charge in [-0.15, -0.1) is 0 Å². The maximum absolute atomic E-state index is 2.46. The van der Waals surface area contributed by atoms with Crippen LogP contribution in [0.5, 0.6) is 0 Å². The lowest BCUT2D eigenvalue weighted by Crippen LogP contribution is -2.68. The van der Waals surface area contributed by atoms with Crippen LogP contribution in [0.1, 0.15) is 44.5 Å². The van der Waals surface area contributed by atoms with Crippen LogP contribution >= 0.6 is 0 Å². The Labute approximate surface area is 246 Å². The molecule has 0 aliphatic rings. The zero-order valence-corrected chi connectivity index (χ0v) is 28.2. The summed E-state index contributed by atoms with van der Waals surface area (Å²) in [6.07, 6.45) is 0. The molecule has 0 saturated carbocycles. The van der Waals surface area contributed by atoms with Gasteiger partial charge in [-0.1, -0.05) is 127 Å². The highest BCUT2D eigenvalue weighted by Gasteiger charge is 2.38. The smallest absolute Gasteiger partial charge is 0.122 e. The van der Waals surface area contributed by atoms with Gasteiger partial charge < -0.3 is 9.80 Å². The summed E-state index contributed by atoms with van der Waals surface area (Å²) in [4.78, 5) is 4.64. The van der Waals surface area contributed by atoms with Crippen molar-refractivity contribution in [3.05, 3.63) is 117 Å². The summed E-state index contributed by atoms with van der Waals surface area (Å²) in [5.41, 5.74) is 11.4. The first-order valence-corrected chi connectivity index (χ1v) is 18.3. The zero-order valence-electron chi connectivity index (χ0n) is 26.2. The SMILES string of the molecule is Cc1cc(C)c([Si](c2c(C)cc(C)cc2C)[Si](c2ccccc2CN(C)C)c2ccccc2CN(C)C)c(C)c1. The van der Waals surface area contributed by atoms with Crippen LogP contribution in [0.25, 0.3) is 0 Å². The molecule has 0 aliphatic heterocycles. The van der Waals surface area contributed by atoms with Crippen molar-refractivity contribution >= 4 is 37.4 Å². The fourth-order valence-corrected chi connectivity index (χ4v) is 18.3. The summed E-state index contributed by atoms with van der Waals surface area (Å²) >= 11 is 0. The molecular weight excluding hydrogens is 517 g/mol. The minimum atomic E-state index is -1.26. The summed E-state index contributed by atoms with van der Waals surface area (Å²) in [5, 5.41) is 6.36. The highest BCUT2D eigenvalue weighted by Crippen LogP contribution is 2.17. The molecule has 4 aromatic rings. The molecule has 2 nitrogen and oxygen atoms in total. The molecule has 0 atom stereocenters. The number of hydrogen-bond acceptors (Lipinski definition) is 2. The van der Waals surface area contributed by atoms with E-state index in [1.807, 2.05) is 0 Å². The third-order valence-corrected chi connectivity index (χ3v) is 17.4. The summed E-state index contributed by atoms with van der Waals surface area (Å²) in [7, 11) is 6.26. The van der Waals surface area contributed by atoms with E-state index in [0.29, 0.717) is 0 Å². The topological polar surface area (TPSA) is 6.48 Å². The van der Waals surface area contributed by atoms with Crippen molar-refractivity contribution < 1.29 is 0 Å². The van der Waals surface area contributed by atoms with Crippen molar-refractivity contribution in [1.29, 1.82) is 0 Å². The van der Waals surface area contributed by atoms with E-state index in [4.69, 9.17) is 0 Å². The molecule has 0 unspecified atom stereocenters. The average Bonchev–Trinajstić information content (AvgIpc) is 2.84. The van der Waals surface area contributed by atoms with Gasteiger partial charge in [0.1, 0.15) is 16.6 Å². The number of aryl methyl sites for hydroxylation is 6. The lowest BCUT2D eigenvalue weighted by atomic mass is 10.1. The largest absolute Gasteiger partial charge is 0.305 e. The molecule has 0 amide bonds. The molecule has 0 fully saturated rings. The molecule has 0 bridgehead atoms. The van der Waals surface area contributed by atoms with Crippen molar-refractivity contribution in [3.63, 3.8) is 0 Å². The van der Waals surface area contributed by atoms with Gasteiger partial charge in [-0.2, -0.15) is 0 Å². The van der Waals surface area contributed by atoms with Crippen LogP contribution in [0.2, 0.25) is 0 Å². The predicted molar refractivity (Wildman–Crippen MR) is 179 cm³/mol. The van der Waals surface area contributed by atoms with Crippen LogP contribution < -0.4 is 20.7 Å². The number of hydrogen-bond donors (Lipinski definition) is 0. The Balaban J connectivity index is 2.17. The summed E-state index contributed by atoms with van der Waals surface area (Å²) < 4.78 is 0. The fourth-order valence-electron chi connectivity index (χ4n) is 6.42. The minimum absolute atomic E-state index is 0.951. The molecule has 4 rings (SSSR count). The number of rotatable bonds is 9. The van der Waals surface area contributed by atoms with Crippen LogP contribution in [-0.2, 0) is 13.1 Å². The molecule has 0 N–H and O–H groups in total. The van der Waals surface area contributed by atoms with Gasteiger partial charge in [0, 0.05) is 13.1 Å². The van der Waals surface area contributed by atoms with E-state index >= 15 is 0 Å². The third-order valence-electron chi connectivity index (χ3n) is 7.65. The van der Waals surface area contributed by atoms with Crippen LogP contribution in [0.15, 0.2) is 72.8 Å². The molecule has 0 aliphatic carbocycles. The van der Waals surface area contributed by atoms with Gasteiger partial charge in [-0.05, 0) is 80.9 Å². The van der Waals surface area contributed by atoms with E-state index in [2.05, 4.69) is 152 Å². The van der Waals surface area contributed by atoms with Gasteiger partial charge in [0.15, 0.2) is 0 Å². The molecule has 2 radical (unpaired) electrons. The van der Waals surface area contributed by atoms with E-state index in [1.54, 1.807) is 20.7 Å². The second-order valence-corrected chi connectivity index (χ2v) is 18.7.